The first kappa shape index (κ1) is 4.24. The van der Waals surface area contributed by atoms with Gasteiger partial charge in [-0.15, -0.1) is 0 Å². The summed E-state index contributed by atoms with van der Waals surface area (Å²) in [5, 5.41) is 0.440. The average molecular weight is 157 g/mol. The fourth-order valence-corrected chi connectivity index (χ4v) is 1.21. The molecule has 1 nitrogen and oxygen atoms in total. The highest BCUT2D eigenvalue weighted by Gasteiger charge is 2.13. The predicted molar refractivity (Wildman–Crippen MR) is 40.7 cm³/mol. The van der Waals surface area contributed by atoms with Crippen LogP contribution < -0.4 is 4.74 Å². The van der Waals surface area contributed by atoms with Crippen molar-refractivity contribution in [2.24, 2.45) is 0 Å². The Balaban J connectivity index is 2.64. The molecule has 0 atom stereocenters. The molecule has 10 heavy (non-hydrogen) atoms. The van der Waals surface area contributed by atoms with Crippen LogP contribution in [0.1, 0.15) is 8.30 Å². The van der Waals surface area contributed by atoms with E-state index in [1.165, 1.54) is 0 Å². The van der Waals surface area contributed by atoms with Gasteiger partial charge in [-0.1, -0.05) is 17.7 Å². The number of halogens is 1. The maximum absolute atomic E-state index is 7.57. The van der Waals surface area contributed by atoms with E-state index in [9.17, 15) is 0 Å². The molecule has 1 aromatic carbocycles. The van der Waals surface area contributed by atoms with E-state index in [1.807, 2.05) is 0 Å². The van der Waals surface area contributed by atoms with Crippen molar-refractivity contribution in [3.63, 3.8) is 0 Å². The number of hydrogen-bond acceptors (Lipinski definition) is 1. The fraction of sp³-hybridized carbons (Fsp3) is 0.250. The highest BCUT2D eigenvalue weighted by atomic mass is 35.5. The number of fused-ring (bicyclic) bond motifs is 1. The first-order chi connectivity index (χ1) is 5.61. The minimum Gasteiger partial charge on any atom is -0.493 e. The van der Waals surface area contributed by atoms with Crippen LogP contribution >= 0.6 is 11.6 Å². The summed E-state index contributed by atoms with van der Waals surface area (Å²) in [7, 11) is 0. The fourth-order valence-electron chi connectivity index (χ4n) is 0.982. The summed E-state index contributed by atoms with van der Waals surface area (Å²) < 4.78 is 20.3. The second-order valence-electron chi connectivity index (χ2n) is 2.08. The lowest BCUT2D eigenvalue weighted by Gasteiger charge is -1.97. The van der Waals surface area contributed by atoms with E-state index in [0.717, 1.165) is 0 Å². The SMILES string of the molecule is [2H]C1([2H])COc2cccc(Cl)c21. The maximum atomic E-state index is 7.57. The molecule has 0 amide bonds. The number of benzene rings is 1. The topological polar surface area (TPSA) is 9.23 Å². The third-order valence-corrected chi connectivity index (χ3v) is 1.77. The third kappa shape index (κ3) is 0.781. The van der Waals surface area contributed by atoms with Crippen LogP contribution in [0.25, 0.3) is 0 Å². The normalized spacial score (nSPS) is 22.5. The van der Waals surface area contributed by atoms with Gasteiger partial charge in [0.25, 0.3) is 0 Å². The van der Waals surface area contributed by atoms with E-state index in [-0.39, 0.29) is 6.61 Å². The van der Waals surface area contributed by atoms with Gasteiger partial charge in [-0.25, -0.2) is 0 Å². The summed E-state index contributed by atoms with van der Waals surface area (Å²) in [6, 6.07) is 5.15. The van der Waals surface area contributed by atoms with Crippen molar-refractivity contribution >= 4 is 11.6 Å². The summed E-state index contributed by atoms with van der Waals surface area (Å²) in [6.45, 7) is 0.0616. The first-order valence-corrected chi connectivity index (χ1v) is 3.41. The molecule has 0 spiro atoms. The number of ether oxygens (including phenoxy) is 1. The van der Waals surface area contributed by atoms with Crippen LogP contribution in [0.5, 0.6) is 5.75 Å². The molecule has 0 N–H and O–H groups in total. The summed E-state index contributed by atoms with van der Waals surface area (Å²) in [5.41, 5.74) is 0.478. The lowest BCUT2D eigenvalue weighted by Crippen LogP contribution is -1.85. The largest absolute Gasteiger partial charge is 0.493 e. The summed E-state index contributed by atoms with van der Waals surface area (Å²) in [6.07, 6.45) is -1.44. The van der Waals surface area contributed by atoms with E-state index in [0.29, 0.717) is 16.3 Å². The molecule has 52 valence electrons. The van der Waals surface area contributed by atoms with Crippen LogP contribution in [0.3, 0.4) is 0 Å². The number of hydrogen-bond donors (Lipinski definition) is 0. The van der Waals surface area contributed by atoms with E-state index in [1.54, 1.807) is 18.2 Å². The molecule has 2 rings (SSSR count). The van der Waals surface area contributed by atoms with Gasteiger partial charge in [0.15, 0.2) is 0 Å². The molecule has 0 saturated carbocycles. The molecule has 0 saturated heterocycles. The van der Waals surface area contributed by atoms with Gasteiger partial charge in [-0.05, 0) is 12.1 Å². The molecule has 0 fully saturated rings. The highest BCUT2D eigenvalue weighted by Crippen LogP contribution is 2.30. The molecule has 1 aromatic rings. The minimum atomic E-state index is -1.44. The van der Waals surface area contributed by atoms with Gasteiger partial charge in [0.1, 0.15) is 5.75 Å². The predicted octanol–water partition coefficient (Wildman–Crippen LogP) is 2.27. The van der Waals surface area contributed by atoms with Gasteiger partial charge in [0.2, 0.25) is 0 Å². The lowest BCUT2D eigenvalue weighted by atomic mass is 10.2. The Morgan fingerprint density at radius 3 is 3.30 bits per heavy atom. The monoisotopic (exact) mass is 156 g/mol. The first-order valence-electron chi connectivity index (χ1n) is 4.03. The van der Waals surface area contributed by atoms with Crippen LogP contribution in [0, 0.1) is 0 Å². The van der Waals surface area contributed by atoms with Crippen molar-refractivity contribution in [1.82, 2.24) is 0 Å². The van der Waals surface area contributed by atoms with E-state index in [2.05, 4.69) is 0 Å². The van der Waals surface area contributed by atoms with Gasteiger partial charge < -0.3 is 4.74 Å². The molecule has 0 radical (unpaired) electrons. The van der Waals surface area contributed by atoms with Crippen molar-refractivity contribution in [2.45, 2.75) is 6.37 Å². The second-order valence-corrected chi connectivity index (χ2v) is 2.49. The van der Waals surface area contributed by atoms with E-state index < -0.39 is 6.37 Å². The maximum Gasteiger partial charge on any atom is 0.124 e. The van der Waals surface area contributed by atoms with Crippen LogP contribution in [0.15, 0.2) is 18.2 Å². The zero-order chi connectivity index (χ0) is 8.77. The molecular weight excluding hydrogens is 148 g/mol. The average Bonchev–Trinajstić information content (AvgIpc) is 2.29. The molecular formula is C8H7ClO. The molecule has 1 heterocycles. The van der Waals surface area contributed by atoms with E-state index in [4.69, 9.17) is 19.1 Å². The molecule has 2 heteroatoms. The summed E-state index contributed by atoms with van der Waals surface area (Å²) in [5.74, 6) is 0.563. The second kappa shape index (κ2) is 2.17. The minimum absolute atomic E-state index is 0.0616. The molecule has 0 aromatic heterocycles. The Morgan fingerprint density at radius 2 is 2.50 bits per heavy atom. The van der Waals surface area contributed by atoms with Gasteiger partial charge in [0.05, 0.1) is 6.61 Å². The molecule has 0 aliphatic carbocycles. The van der Waals surface area contributed by atoms with Crippen molar-refractivity contribution in [3.05, 3.63) is 28.8 Å². The smallest absolute Gasteiger partial charge is 0.124 e. The molecule has 1 aliphatic rings. The Bertz CT molecular complexity index is 325. The van der Waals surface area contributed by atoms with Gasteiger partial charge in [0, 0.05) is 19.7 Å². The highest BCUT2D eigenvalue weighted by molar-refractivity contribution is 6.31. The van der Waals surface area contributed by atoms with Crippen LogP contribution in [-0.4, -0.2) is 6.61 Å². The summed E-state index contributed by atoms with van der Waals surface area (Å²) in [4.78, 5) is 0. The molecule has 0 unspecified atom stereocenters. The van der Waals surface area contributed by atoms with Crippen molar-refractivity contribution in [2.75, 3.05) is 6.61 Å². The quantitative estimate of drug-likeness (QED) is 0.560. The van der Waals surface area contributed by atoms with Crippen LogP contribution in [0.4, 0.5) is 0 Å². The summed E-state index contributed by atoms with van der Waals surface area (Å²) >= 11 is 5.83. The Hall–Kier alpha value is -0.690. The van der Waals surface area contributed by atoms with Crippen molar-refractivity contribution in [1.29, 1.82) is 0 Å². The standard InChI is InChI=1S/C8H7ClO/c9-7-2-1-3-8-6(7)4-5-10-8/h1-3H,4-5H2/i4D2. The molecule has 0 bridgehead atoms. The third-order valence-electron chi connectivity index (χ3n) is 1.45. The van der Waals surface area contributed by atoms with Crippen molar-refractivity contribution in [3.8, 4) is 5.75 Å². The number of rotatable bonds is 0. The Morgan fingerprint density at radius 1 is 1.60 bits per heavy atom. The zero-order valence-electron chi connectivity index (χ0n) is 7.23. The van der Waals surface area contributed by atoms with Crippen LogP contribution in [-0.2, 0) is 6.37 Å². The lowest BCUT2D eigenvalue weighted by molar-refractivity contribution is 0.357. The Labute approximate surface area is 67.4 Å². The van der Waals surface area contributed by atoms with Gasteiger partial charge >= 0.3 is 0 Å². The van der Waals surface area contributed by atoms with E-state index >= 15 is 0 Å². The molecule has 1 aliphatic heterocycles. The van der Waals surface area contributed by atoms with Crippen LogP contribution in [0.2, 0.25) is 5.02 Å². The van der Waals surface area contributed by atoms with Gasteiger partial charge in [-0.3, -0.25) is 0 Å². The van der Waals surface area contributed by atoms with Gasteiger partial charge in [-0.2, -0.15) is 0 Å². The zero-order valence-corrected chi connectivity index (χ0v) is 5.98. The van der Waals surface area contributed by atoms with Crippen molar-refractivity contribution < 1.29 is 7.48 Å². The Kier molecular flexibility index (Phi) is 0.920.